The quantitative estimate of drug-likeness (QED) is 0.652. The molecule has 27 heavy (non-hydrogen) atoms. The molecule has 1 aliphatic heterocycles. The summed E-state index contributed by atoms with van der Waals surface area (Å²) in [7, 11) is 0. The third kappa shape index (κ3) is 5.98. The molecule has 0 atom stereocenters. The van der Waals surface area contributed by atoms with E-state index in [-0.39, 0.29) is 5.91 Å². The van der Waals surface area contributed by atoms with Gasteiger partial charge in [0.05, 0.1) is 0 Å². The van der Waals surface area contributed by atoms with Gasteiger partial charge in [0, 0.05) is 36.6 Å². The van der Waals surface area contributed by atoms with Gasteiger partial charge in [0.1, 0.15) is 12.4 Å². The number of rotatable bonds is 9. The zero-order chi connectivity index (χ0) is 19.1. The Hall–Kier alpha value is -2.04. The first-order chi connectivity index (χ1) is 13.1. The van der Waals surface area contributed by atoms with Gasteiger partial charge in [0.2, 0.25) is 5.91 Å². The number of hydrogen-bond donors (Lipinski definition) is 1. The molecule has 1 fully saturated rings. The van der Waals surface area contributed by atoms with Gasteiger partial charge in [-0.15, -0.1) is 0 Å². The number of carbonyl (C=O) groups is 1. The van der Waals surface area contributed by atoms with E-state index in [0.29, 0.717) is 24.6 Å². The fourth-order valence-corrected chi connectivity index (χ4v) is 3.54. The van der Waals surface area contributed by atoms with Crippen LogP contribution in [0.15, 0.2) is 42.5 Å². The van der Waals surface area contributed by atoms with Crippen molar-refractivity contribution in [3.05, 3.63) is 64.2 Å². The molecule has 2 aromatic rings. The van der Waals surface area contributed by atoms with Crippen molar-refractivity contribution >= 4 is 17.5 Å². The highest BCUT2D eigenvalue weighted by Gasteiger charge is 2.18. The first-order valence-corrected chi connectivity index (χ1v) is 9.95. The Morgan fingerprint density at radius 2 is 2.11 bits per heavy atom. The molecular formula is C22H27ClN2O2. The molecule has 0 aliphatic carbocycles. The zero-order valence-corrected chi connectivity index (χ0v) is 16.6. The van der Waals surface area contributed by atoms with Crippen molar-refractivity contribution in [2.24, 2.45) is 0 Å². The average molecular weight is 387 g/mol. The molecule has 5 heteroatoms. The molecule has 0 aromatic heterocycles. The van der Waals surface area contributed by atoms with Crippen LogP contribution in [0.5, 0.6) is 5.75 Å². The highest BCUT2D eigenvalue weighted by Crippen LogP contribution is 2.24. The zero-order valence-electron chi connectivity index (χ0n) is 15.8. The first kappa shape index (κ1) is 19.7. The molecule has 4 nitrogen and oxygen atoms in total. The summed E-state index contributed by atoms with van der Waals surface area (Å²) in [5, 5.41) is 4.14. The fraction of sp³-hybridized carbons (Fsp3) is 0.409. The van der Waals surface area contributed by atoms with Crippen LogP contribution in [-0.4, -0.2) is 30.4 Å². The number of hydrogen-bond acceptors (Lipinski definition) is 3. The van der Waals surface area contributed by atoms with E-state index < -0.39 is 0 Å². The molecule has 1 saturated heterocycles. The van der Waals surface area contributed by atoms with Crippen molar-refractivity contribution in [2.75, 3.05) is 19.6 Å². The fourth-order valence-electron chi connectivity index (χ4n) is 3.35. The number of nitrogens with one attached hydrogen (secondary N) is 1. The maximum Gasteiger partial charge on any atom is 0.222 e. The largest absolute Gasteiger partial charge is 0.489 e. The number of aryl methyl sites for hydroxylation is 1. The van der Waals surface area contributed by atoms with E-state index in [2.05, 4.69) is 30.4 Å². The monoisotopic (exact) mass is 386 g/mol. The average Bonchev–Trinajstić information content (AvgIpc) is 3.06. The molecule has 0 radical (unpaired) electrons. The van der Waals surface area contributed by atoms with Crippen LogP contribution >= 0.6 is 11.6 Å². The molecule has 1 aliphatic rings. The first-order valence-electron chi connectivity index (χ1n) is 9.57. The Balaban J connectivity index is 1.48. The third-order valence-corrected chi connectivity index (χ3v) is 5.00. The van der Waals surface area contributed by atoms with Crippen molar-refractivity contribution in [1.82, 2.24) is 10.2 Å². The second-order valence-electron chi connectivity index (χ2n) is 7.04. The molecule has 0 saturated carbocycles. The topological polar surface area (TPSA) is 41.6 Å². The predicted molar refractivity (Wildman–Crippen MR) is 109 cm³/mol. The lowest BCUT2D eigenvalue weighted by Gasteiger charge is -2.16. The summed E-state index contributed by atoms with van der Waals surface area (Å²) < 4.78 is 6.03. The summed E-state index contributed by atoms with van der Waals surface area (Å²) in [6, 6.07) is 14.1. The van der Waals surface area contributed by atoms with Gasteiger partial charge in [0.15, 0.2) is 0 Å². The van der Waals surface area contributed by atoms with Crippen LogP contribution in [0.4, 0.5) is 0 Å². The summed E-state index contributed by atoms with van der Waals surface area (Å²) in [5.41, 5.74) is 3.43. The van der Waals surface area contributed by atoms with Gasteiger partial charge in [-0.05, 0) is 50.1 Å². The van der Waals surface area contributed by atoms with E-state index in [1.54, 1.807) is 0 Å². The van der Waals surface area contributed by atoms with Crippen LogP contribution < -0.4 is 10.1 Å². The van der Waals surface area contributed by atoms with E-state index >= 15 is 0 Å². The van der Waals surface area contributed by atoms with Crippen LogP contribution in [0.25, 0.3) is 0 Å². The molecule has 0 unspecified atom stereocenters. The van der Waals surface area contributed by atoms with Gasteiger partial charge < -0.3 is 15.0 Å². The summed E-state index contributed by atoms with van der Waals surface area (Å²) in [6.07, 6.45) is 2.65. The smallest absolute Gasteiger partial charge is 0.222 e. The Morgan fingerprint density at radius 3 is 2.89 bits per heavy atom. The van der Waals surface area contributed by atoms with Crippen LogP contribution in [-0.2, 0) is 17.9 Å². The van der Waals surface area contributed by atoms with Crippen molar-refractivity contribution in [2.45, 2.75) is 39.3 Å². The molecule has 3 rings (SSSR count). The molecule has 1 heterocycles. The van der Waals surface area contributed by atoms with E-state index in [1.807, 2.05) is 29.2 Å². The number of halogens is 1. The number of nitrogens with zero attached hydrogens (tertiary/aromatic N) is 1. The van der Waals surface area contributed by atoms with Crippen molar-refractivity contribution in [3.8, 4) is 5.75 Å². The number of carbonyl (C=O) groups excluding carboxylic acids is 1. The van der Waals surface area contributed by atoms with Gasteiger partial charge in [-0.3, -0.25) is 4.79 Å². The van der Waals surface area contributed by atoms with Gasteiger partial charge >= 0.3 is 0 Å². The van der Waals surface area contributed by atoms with Crippen LogP contribution in [0, 0.1) is 6.92 Å². The maximum atomic E-state index is 11.6. The van der Waals surface area contributed by atoms with Gasteiger partial charge in [0.25, 0.3) is 0 Å². The SMILES string of the molecule is Cc1cccc(COc2ccc(Cl)cc2CNCCCN2CCCC2=O)c1. The standard InChI is InChI=1S/C22H27ClN2O2/c1-17-5-2-6-18(13-17)16-27-21-9-8-20(23)14-19(21)15-24-10-4-12-25-11-3-7-22(25)26/h2,5-6,8-9,13-14,24H,3-4,7,10-12,15-16H2,1H3. The maximum absolute atomic E-state index is 11.6. The van der Waals surface area contributed by atoms with E-state index in [9.17, 15) is 4.79 Å². The lowest BCUT2D eigenvalue weighted by molar-refractivity contribution is -0.127. The Kier molecular flexibility index (Phi) is 7.13. The van der Waals surface area contributed by atoms with Crippen LogP contribution in [0.1, 0.15) is 36.0 Å². The summed E-state index contributed by atoms with van der Waals surface area (Å²) in [5.74, 6) is 1.14. The molecule has 144 valence electrons. The van der Waals surface area contributed by atoms with E-state index in [0.717, 1.165) is 49.4 Å². The minimum Gasteiger partial charge on any atom is -0.489 e. The van der Waals surface area contributed by atoms with E-state index in [4.69, 9.17) is 16.3 Å². The second-order valence-corrected chi connectivity index (χ2v) is 7.48. The van der Waals surface area contributed by atoms with Gasteiger partial charge in [-0.1, -0.05) is 41.4 Å². The summed E-state index contributed by atoms with van der Waals surface area (Å²) in [6.45, 7) is 5.90. The Bertz CT molecular complexity index is 779. The van der Waals surface area contributed by atoms with Crippen molar-refractivity contribution < 1.29 is 9.53 Å². The number of benzene rings is 2. The third-order valence-electron chi connectivity index (χ3n) is 4.77. The lowest BCUT2D eigenvalue weighted by Crippen LogP contribution is -2.28. The van der Waals surface area contributed by atoms with E-state index in [1.165, 1.54) is 5.56 Å². The van der Waals surface area contributed by atoms with Crippen LogP contribution in [0.3, 0.4) is 0 Å². The normalized spacial score (nSPS) is 14.0. The molecule has 1 amide bonds. The number of ether oxygens (including phenoxy) is 1. The minimum atomic E-state index is 0.289. The Morgan fingerprint density at radius 1 is 1.22 bits per heavy atom. The number of likely N-dealkylation sites (tertiary alicyclic amines) is 1. The van der Waals surface area contributed by atoms with Crippen LogP contribution in [0.2, 0.25) is 5.02 Å². The highest BCUT2D eigenvalue weighted by atomic mass is 35.5. The molecule has 2 aromatic carbocycles. The molecule has 0 bridgehead atoms. The highest BCUT2D eigenvalue weighted by molar-refractivity contribution is 6.30. The Labute approximate surface area is 166 Å². The summed E-state index contributed by atoms with van der Waals surface area (Å²) in [4.78, 5) is 13.6. The predicted octanol–water partition coefficient (Wildman–Crippen LogP) is 4.33. The van der Waals surface area contributed by atoms with Crippen molar-refractivity contribution in [3.63, 3.8) is 0 Å². The molecule has 1 N–H and O–H groups in total. The van der Waals surface area contributed by atoms with Gasteiger partial charge in [-0.2, -0.15) is 0 Å². The van der Waals surface area contributed by atoms with Crippen molar-refractivity contribution in [1.29, 1.82) is 0 Å². The summed E-state index contributed by atoms with van der Waals surface area (Å²) >= 11 is 6.17. The van der Waals surface area contributed by atoms with Gasteiger partial charge in [-0.25, -0.2) is 0 Å². The molecular weight excluding hydrogens is 360 g/mol. The minimum absolute atomic E-state index is 0.289. The second kappa shape index (κ2) is 9.77. The lowest BCUT2D eigenvalue weighted by atomic mass is 10.1. The number of amides is 1. The molecule has 0 spiro atoms.